The number of non-ortho nitro benzene ring substituents is 1. The molecule has 2 amide bonds. The third-order valence-electron chi connectivity index (χ3n) is 5.66. The number of ether oxygens (including phenoxy) is 1. The van der Waals surface area contributed by atoms with Gasteiger partial charge in [-0.1, -0.05) is 23.8 Å². The monoisotopic (exact) mass is 457 g/mol. The molecule has 34 heavy (non-hydrogen) atoms. The molecular formula is C26H23N3O5. The first-order valence-electron chi connectivity index (χ1n) is 10.6. The first kappa shape index (κ1) is 22.7. The Bertz CT molecular complexity index is 1360. The Hall–Kier alpha value is -4.46. The summed E-state index contributed by atoms with van der Waals surface area (Å²) in [6.45, 7) is 5.67. The minimum Gasteiger partial charge on any atom is -0.495 e. The normalized spacial score (nSPS) is 13.5. The van der Waals surface area contributed by atoms with Crippen molar-refractivity contribution in [2.75, 3.05) is 17.3 Å². The molecule has 0 saturated carbocycles. The van der Waals surface area contributed by atoms with Crippen molar-refractivity contribution < 1.29 is 19.2 Å². The summed E-state index contributed by atoms with van der Waals surface area (Å²) in [6, 6.07) is 16.5. The molecule has 3 aromatic rings. The number of nitrogens with zero attached hydrogens (tertiary/aromatic N) is 2. The van der Waals surface area contributed by atoms with Crippen molar-refractivity contribution in [2.24, 2.45) is 0 Å². The lowest BCUT2D eigenvalue weighted by Gasteiger charge is -2.18. The van der Waals surface area contributed by atoms with Gasteiger partial charge in [0.05, 0.1) is 29.0 Å². The average Bonchev–Trinajstić information content (AvgIpc) is 3.03. The summed E-state index contributed by atoms with van der Waals surface area (Å²) in [4.78, 5) is 39.0. The molecule has 172 valence electrons. The summed E-state index contributed by atoms with van der Waals surface area (Å²) in [5, 5.41) is 14.2. The van der Waals surface area contributed by atoms with Gasteiger partial charge in [0, 0.05) is 12.1 Å². The molecule has 0 atom stereocenters. The number of carbonyl (C=O) groups excluding carboxylic acids is 2. The third kappa shape index (κ3) is 4.01. The molecule has 1 aliphatic heterocycles. The molecule has 0 unspecified atom stereocenters. The van der Waals surface area contributed by atoms with Crippen molar-refractivity contribution in [3.05, 3.63) is 98.7 Å². The van der Waals surface area contributed by atoms with E-state index in [4.69, 9.17) is 4.74 Å². The van der Waals surface area contributed by atoms with E-state index >= 15 is 0 Å². The third-order valence-corrected chi connectivity index (χ3v) is 5.66. The number of imide groups is 1. The van der Waals surface area contributed by atoms with Gasteiger partial charge < -0.3 is 10.1 Å². The van der Waals surface area contributed by atoms with Crippen molar-refractivity contribution in [3.63, 3.8) is 0 Å². The van der Waals surface area contributed by atoms with Gasteiger partial charge in [-0.15, -0.1) is 0 Å². The Balaban J connectivity index is 1.87. The zero-order chi connectivity index (χ0) is 24.6. The Morgan fingerprint density at radius 2 is 1.53 bits per heavy atom. The number of hydrogen-bond donors (Lipinski definition) is 1. The Kier molecular flexibility index (Phi) is 5.89. The van der Waals surface area contributed by atoms with Crippen LogP contribution in [0.5, 0.6) is 5.75 Å². The second-order valence-corrected chi connectivity index (χ2v) is 8.12. The van der Waals surface area contributed by atoms with Gasteiger partial charge in [-0.2, -0.15) is 0 Å². The van der Waals surface area contributed by atoms with E-state index < -0.39 is 16.7 Å². The zero-order valence-electron chi connectivity index (χ0n) is 19.2. The van der Waals surface area contributed by atoms with Crippen molar-refractivity contribution in [2.45, 2.75) is 20.8 Å². The zero-order valence-corrected chi connectivity index (χ0v) is 19.2. The average molecular weight is 457 g/mol. The molecule has 8 heteroatoms. The largest absolute Gasteiger partial charge is 0.495 e. The quantitative estimate of drug-likeness (QED) is 0.320. The number of methoxy groups -OCH3 is 1. The number of nitro groups is 1. The number of rotatable bonds is 6. The lowest BCUT2D eigenvalue weighted by molar-refractivity contribution is -0.384. The summed E-state index contributed by atoms with van der Waals surface area (Å²) in [5.41, 5.74) is 4.21. The van der Waals surface area contributed by atoms with Crippen LogP contribution >= 0.6 is 0 Å². The van der Waals surface area contributed by atoms with Crippen LogP contribution in [-0.2, 0) is 9.59 Å². The maximum Gasteiger partial charge on any atom is 0.282 e. The summed E-state index contributed by atoms with van der Waals surface area (Å²) in [7, 11) is 1.52. The van der Waals surface area contributed by atoms with E-state index in [1.54, 1.807) is 12.1 Å². The standard InChI is InChI=1S/C26H23N3O5/c1-15-5-11-21(17(3)13-15)28-25(30)23(18-7-9-19(10-8-18)29(32)33)24(26(28)31)27-20-14-16(2)6-12-22(20)34-4/h5-14,27H,1-4H3. The number of aryl methyl sites for hydroxylation is 3. The minimum atomic E-state index is -0.520. The SMILES string of the molecule is COc1ccc(C)cc1NC1=C(c2ccc([N+](=O)[O-])cc2)C(=O)N(c2ccc(C)cc2C)C1=O. The van der Waals surface area contributed by atoms with E-state index in [0.717, 1.165) is 21.6 Å². The molecule has 3 aromatic carbocycles. The topological polar surface area (TPSA) is 102 Å². The fraction of sp³-hybridized carbons (Fsp3) is 0.154. The number of amides is 2. The lowest BCUT2D eigenvalue weighted by Crippen LogP contribution is -2.33. The number of carbonyl (C=O) groups is 2. The predicted molar refractivity (Wildman–Crippen MR) is 130 cm³/mol. The van der Waals surface area contributed by atoms with Crippen molar-refractivity contribution in [3.8, 4) is 5.75 Å². The highest BCUT2D eigenvalue weighted by Gasteiger charge is 2.41. The number of nitro benzene ring substituents is 1. The van der Waals surface area contributed by atoms with Gasteiger partial charge in [-0.3, -0.25) is 19.7 Å². The summed E-state index contributed by atoms with van der Waals surface area (Å²) < 4.78 is 5.43. The van der Waals surface area contributed by atoms with E-state index in [-0.39, 0.29) is 17.0 Å². The highest BCUT2D eigenvalue weighted by Crippen LogP contribution is 2.37. The molecule has 8 nitrogen and oxygen atoms in total. The molecule has 0 bridgehead atoms. The molecule has 4 rings (SSSR count). The van der Waals surface area contributed by atoms with Crippen LogP contribution in [0.4, 0.5) is 17.1 Å². The maximum atomic E-state index is 13.6. The molecule has 0 aliphatic carbocycles. The Morgan fingerprint density at radius 1 is 0.882 bits per heavy atom. The molecule has 1 N–H and O–H groups in total. The van der Waals surface area contributed by atoms with Crippen LogP contribution in [0.1, 0.15) is 22.3 Å². The van der Waals surface area contributed by atoms with E-state index in [0.29, 0.717) is 22.7 Å². The van der Waals surface area contributed by atoms with Crippen LogP contribution < -0.4 is 15.0 Å². The van der Waals surface area contributed by atoms with Gasteiger partial charge in [0.1, 0.15) is 11.4 Å². The Morgan fingerprint density at radius 3 is 2.15 bits per heavy atom. The molecule has 0 saturated heterocycles. The molecule has 0 aromatic heterocycles. The summed E-state index contributed by atoms with van der Waals surface area (Å²) >= 11 is 0. The predicted octanol–water partition coefficient (Wildman–Crippen LogP) is 4.93. The van der Waals surface area contributed by atoms with Crippen LogP contribution in [0.3, 0.4) is 0 Å². The van der Waals surface area contributed by atoms with Gasteiger partial charge in [-0.25, -0.2) is 4.90 Å². The van der Waals surface area contributed by atoms with E-state index in [1.165, 1.54) is 31.4 Å². The van der Waals surface area contributed by atoms with Crippen LogP contribution in [0.15, 0.2) is 66.4 Å². The molecule has 1 heterocycles. The molecular weight excluding hydrogens is 434 g/mol. The van der Waals surface area contributed by atoms with Crippen LogP contribution in [0.25, 0.3) is 5.57 Å². The van der Waals surface area contributed by atoms with Gasteiger partial charge in [0.25, 0.3) is 17.5 Å². The summed E-state index contributed by atoms with van der Waals surface area (Å²) in [5.74, 6) is -0.528. The van der Waals surface area contributed by atoms with E-state index in [9.17, 15) is 19.7 Å². The van der Waals surface area contributed by atoms with Gasteiger partial charge in [-0.05, 0) is 67.8 Å². The van der Waals surface area contributed by atoms with Crippen LogP contribution in [0, 0.1) is 30.9 Å². The fourth-order valence-electron chi connectivity index (χ4n) is 3.99. The number of hydrogen-bond acceptors (Lipinski definition) is 6. The fourth-order valence-corrected chi connectivity index (χ4v) is 3.99. The second kappa shape index (κ2) is 8.82. The van der Waals surface area contributed by atoms with Crippen LogP contribution in [0.2, 0.25) is 0 Å². The second-order valence-electron chi connectivity index (χ2n) is 8.12. The first-order valence-corrected chi connectivity index (χ1v) is 10.6. The number of benzene rings is 3. The maximum absolute atomic E-state index is 13.6. The van der Waals surface area contributed by atoms with E-state index in [2.05, 4.69) is 5.32 Å². The molecule has 0 radical (unpaired) electrons. The lowest BCUT2D eigenvalue weighted by atomic mass is 10.0. The van der Waals surface area contributed by atoms with E-state index in [1.807, 2.05) is 45.0 Å². The van der Waals surface area contributed by atoms with Gasteiger partial charge in [0.15, 0.2) is 0 Å². The highest BCUT2D eigenvalue weighted by atomic mass is 16.6. The minimum absolute atomic E-state index is 0.0720. The van der Waals surface area contributed by atoms with Crippen LogP contribution in [-0.4, -0.2) is 23.8 Å². The smallest absolute Gasteiger partial charge is 0.282 e. The number of nitrogens with one attached hydrogen (secondary N) is 1. The van der Waals surface area contributed by atoms with Crippen molar-refractivity contribution in [1.29, 1.82) is 0 Å². The van der Waals surface area contributed by atoms with Crippen molar-refractivity contribution in [1.82, 2.24) is 0 Å². The first-order chi connectivity index (χ1) is 16.2. The molecule has 1 aliphatic rings. The number of anilines is 2. The molecule has 0 spiro atoms. The van der Waals surface area contributed by atoms with Crippen molar-refractivity contribution >= 4 is 34.4 Å². The summed E-state index contributed by atoms with van der Waals surface area (Å²) in [6.07, 6.45) is 0. The van der Waals surface area contributed by atoms with Gasteiger partial charge >= 0.3 is 0 Å². The highest BCUT2D eigenvalue weighted by molar-refractivity contribution is 6.46. The molecule has 0 fully saturated rings. The van der Waals surface area contributed by atoms with Gasteiger partial charge in [0.2, 0.25) is 0 Å². The Labute approximate surface area is 196 Å².